The zero-order chi connectivity index (χ0) is 14.7. The van der Waals surface area contributed by atoms with Crippen molar-refractivity contribution in [1.29, 1.82) is 0 Å². The van der Waals surface area contributed by atoms with Crippen molar-refractivity contribution in [3.8, 4) is 5.75 Å². The summed E-state index contributed by atoms with van der Waals surface area (Å²) in [6, 6.07) is 17.8. The molecule has 0 fully saturated rings. The standard InChI is InChI=1S/C18H19NO2/c1-14(21-17-9-3-2-4-10-17)18(20)19-12-11-15-7-5-6-8-16(15)13-19/h2-10,14H,11-13H2,1H3/t14-/m1/s1. The van der Waals surface area contributed by atoms with Gasteiger partial charge in [0.15, 0.2) is 6.10 Å². The van der Waals surface area contributed by atoms with Crippen LogP contribution in [0.5, 0.6) is 5.75 Å². The first-order valence-electron chi connectivity index (χ1n) is 7.31. The van der Waals surface area contributed by atoms with Gasteiger partial charge in [0.05, 0.1) is 0 Å². The molecule has 0 spiro atoms. The lowest BCUT2D eigenvalue weighted by Gasteiger charge is -2.30. The second-order valence-corrected chi connectivity index (χ2v) is 5.35. The third kappa shape index (κ3) is 3.07. The molecule has 3 nitrogen and oxygen atoms in total. The van der Waals surface area contributed by atoms with Gasteiger partial charge in [0.1, 0.15) is 5.75 Å². The number of nitrogens with zero attached hydrogens (tertiary/aromatic N) is 1. The summed E-state index contributed by atoms with van der Waals surface area (Å²) in [5.74, 6) is 0.782. The minimum Gasteiger partial charge on any atom is -0.481 e. The van der Waals surface area contributed by atoms with Crippen LogP contribution in [0.25, 0.3) is 0 Å². The zero-order valence-electron chi connectivity index (χ0n) is 12.2. The van der Waals surface area contributed by atoms with Gasteiger partial charge < -0.3 is 9.64 Å². The summed E-state index contributed by atoms with van der Waals surface area (Å²) in [5, 5.41) is 0. The predicted molar refractivity (Wildman–Crippen MR) is 82.1 cm³/mol. The van der Waals surface area contributed by atoms with Crippen LogP contribution in [0.2, 0.25) is 0 Å². The fourth-order valence-corrected chi connectivity index (χ4v) is 2.69. The summed E-state index contributed by atoms with van der Waals surface area (Å²) in [6.07, 6.45) is 0.456. The first-order valence-corrected chi connectivity index (χ1v) is 7.31. The maximum Gasteiger partial charge on any atom is 0.263 e. The summed E-state index contributed by atoms with van der Waals surface area (Å²) in [7, 11) is 0. The fraction of sp³-hybridized carbons (Fsp3) is 0.278. The monoisotopic (exact) mass is 281 g/mol. The van der Waals surface area contributed by atoms with Gasteiger partial charge >= 0.3 is 0 Å². The highest BCUT2D eigenvalue weighted by atomic mass is 16.5. The minimum absolute atomic E-state index is 0.0494. The van der Waals surface area contributed by atoms with Gasteiger partial charge in [-0.25, -0.2) is 0 Å². The van der Waals surface area contributed by atoms with E-state index in [9.17, 15) is 4.79 Å². The summed E-state index contributed by atoms with van der Waals surface area (Å²) in [4.78, 5) is 14.4. The number of rotatable bonds is 3. The number of benzene rings is 2. The SMILES string of the molecule is C[C@@H](Oc1ccccc1)C(=O)N1CCc2ccccc2C1. The van der Waals surface area contributed by atoms with E-state index in [-0.39, 0.29) is 5.91 Å². The molecule has 0 aromatic heterocycles. The summed E-state index contributed by atoms with van der Waals surface area (Å²) < 4.78 is 5.73. The zero-order valence-corrected chi connectivity index (χ0v) is 12.2. The van der Waals surface area contributed by atoms with Crippen LogP contribution in [-0.4, -0.2) is 23.5 Å². The molecule has 3 heteroatoms. The molecule has 1 aliphatic rings. The highest BCUT2D eigenvalue weighted by Crippen LogP contribution is 2.20. The van der Waals surface area contributed by atoms with Crippen molar-refractivity contribution in [1.82, 2.24) is 4.90 Å². The Morgan fingerprint density at radius 3 is 2.48 bits per heavy atom. The van der Waals surface area contributed by atoms with E-state index in [1.54, 1.807) is 0 Å². The smallest absolute Gasteiger partial charge is 0.263 e. The van der Waals surface area contributed by atoms with Crippen molar-refractivity contribution in [2.24, 2.45) is 0 Å². The number of carbonyl (C=O) groups is 1. The average Bonchev–Trinajstić information content (AvgIpc) is 2.54. The maximum absolute atomic E-state index is 12.5. The van der Waals surface area contributed by atoms with Crippen LogP contribution in [0.15, 0.2) is 54.6 Å². The van der Waals surface area contributed by atoms with Crippen LogP contribution in [0.4, 0.5) is 0 Å². The molecular weight excluding hydrogens is 262 g/mol. The molecule has 0 unspecified atom stereocenters. The molecule has 1 aliphatic heterocycles. The van der Waals surface area contributed by atoms with E-state index in [1.807, 2.05) is 48.2 Å². The molecule has 1 atom stereocenters. The molecule has 0 saturated carbocycles. The Morgan fingerprint density at radius 1 is 1.05 bits per heavy atom. The Balaban J connectivity index is 1.66. The first kappa shape index (κ1) is 13.7. The van der Waals surface area contributed by atoms with Crippen LogP contribution in [-0.2, 0) is 17.8 Å². The Hall–Kier alpha value is -2.29. The second kappa shape index (κ2) is 6.00. The quantitative estimate of drug-likeness (QED) is 0.865. The van der Waals surface area contributed by atoms with Crippen molar-refractivity contribution in [2.75, 3.05) is 6.54 Å². The lowest BCUT2D eigenvalue weighted by molar-refractivity contribution is -0.138. The van der Waals surface area contributed by atoms with Gasteiger partial charge in [0.2, 0.25) is 0 Å². The molecule has 0 N–H and O–H groups in total. The van der Waals surface area contributed by atoms with Crippen molar-refractivity contribution in [2.45, 2.75) is 26.0 Å². The molecule has 0 bridgehead atoms. The number of amides is 1. The van der Waals surface area contributed by atoms with Crippen molar-refractivity contribution in [3.63, 3.8) is 0 Å². The van der Waals surface area contributed by atoms with Crippen molar-refractivity contribution in [3.05, 3.63) is 65.7 Å². The largest absolute Gasteiger partial charge is 0.481 e. The van der Waals surface area contributed by atoms with Crippen molar-refractivity contribution >= 4 is 5.91 Å². The third-order valence-electron chi connectivity index (χ3n) is 3.85. The molecule has 3 rings (SSSR count). The lowest BCUT2D eigenvalue weighted by Crippen LogP contribution is -2.43. The maximum atomic E-state index is 12.5. The van der Waals surface area contributed by atoms with Crippen molar-refractivity contribution < 1.29 is 9.53 Å². The molecule has 1 amide bonds. The van der Waals surface area contributed by atoms with Gasteiger partial charge in [-0.15, -0.1) is 0 Å². The number of hydrogen-bond donors (Lipinski definition) is 0. The summed E-state index contributed by atoms with van der Waals surface area (Å²) in [5.41, 5.74) is 2.59. The van der Waals surface area contributed by atoms with Gasteiger partial charge in [0, 0.05) is 13.1 Å². The first-order chi connectivity index (χ1) is 10.2. The summed E-state index contributed by atoms with van der Waals surface area (Å²) in [6.45, 7) is 3.26. The average molecular weight is 281 g/mol. The topological polar surface area (TPSA) is 29.5 Å². The minimum atomic E-state index is -0.460. The van der Waals surface area contributed by atoms with Crippen LogP contribution in [0.1, 0.15) is 18.1 Å². The van der Waals surface area contributed by atoms with Gasteiger partial charge in [-0.1, -0.05) is 42.5 Å². The van der Waals surface area contributed by atoms with E-state index < -0.39 is 6.10 Å². The Labute approximate surface area is 125 Å². The number of hydrogen-bond acceptors (Lipinski definition) is 2. The van der Waals surface area contributed by atoms with E-state index in [4.69, 9.17) is 4.74 Å². The van der Waals surface area contributed by atoms with Crippen LogP contribution >= 0.6 is 0 Å². The van der Waals surface area contributed by atoms with Crippen LogP contribution < -0.4 is 4.74 Å². The van der Waals surface area contributed by atoms with Gasteiger partial charge in [-0.05, 0) is 36.6 Å². The molecule has 0 aliphatic carbocycles. The second-order valence-electron chi connectivity index (χ2n) is 5.35. The Morgan fingerprint density at radius 2 is 1.71 bits per heavy atom. The molecule has 1 heterocycles. The third-order valence-corrected chi connectivity index (χ3v) is 3.85. The summed E-state index contributed by atoms with van der Waals surface area (Å²) >= 11 is 0. The fourth-order valence-electron chi connectivity index (χ4n) is 2.69. The van der Waals surface area contributed by atoms with Gasteiger partial charge in [-0.2, -0.15) is 0 Å². The normalized spacial score (nSPS) is 15.2. The highest BCUT2D eigenvalue weighted by molar-refractivity contribution is 5.81. The van der Waals surface area contributed by atoms with Gasteiger partial charge in [-0.3, -0.25) is 4.79 Å². The van der Waals surface area contributed by atoms with Crippen LogP contribution in [0.3, 0.4) is 0 Å². The molecule has 0 saturated heterocycles. The lowest BCUT2D eigenvalue weighted by atomic mass is 9.99. The van der Waals surface area contributed by atoms with E-state index >= 15 is 0 Å². The Bertz CT molecular complexity index is 624. The number of para-hydroxylation sites is 1. The molecule has 0 radical (unpaired) electrons. The van der Waals surface area contributed by atoms with E-state index in [0.717, 1.165) is 18.7 Å². The molecule has 108 valence electrons. The van der Waals surface area contributed by atoms with E-state index in [2.05, 4.69) is 18.2 Å². The Kier molecular flexibility index (Phi) is 3.91. The highest BCUT2D eigenvalue weighted by Gasteiger charge is 2.25. The van der Waals surface area contributed by atoms with Gasteiger partial charge in [0.25, 0.3) is 5.91 Å². The molecule has 2 aromatic carbocycles. The van der Waals surface area contributed by atoms with E-state index in [0.29, 0.717) is 6.54 Å². The molecule has 2 aromatic rings. The number of fused-ring (bicyclic) bond motifs is 1. The number of ether oxygens (including phenoxy) is 1. The molecule has 21 heavy (non-hydrogen) atoms. The van der Waals surface area contributed by atoms with Crippen LogP contribution in [0, 0.1) is 0 Å². The predicted octanol–water partition coefficient (Wildman–Crippen LogP) is 3.04. The molecular formula is C18H19NO2. The van der Waals surface area contributed by atoms with E-state index in [1.165, 1.54) is 11.1 Å². The number of carbonyl (C=O) groups excluding carboxylic acids is 1.